The Balaban J connectivity index is 3.34. The first-order valence-electron chi connectivity index (χ1n) is 5.45. The Bertz CT molecular complexity index is 551. The summed E-state index contributed by atoms with van der Waals surface area (Å²) in [6.07, 6.45) is -0.322. The Labute approximate surface area is 114 Å². The zero-order chi connectivity index (χ0) is 14.4. The molecule has 0 amide bonds. The van der Waals surface area contributed by atoms with Gasteiger partial charge in [0.05, 0.1) is 29.1 Å². The van der Waals surface area contributed by atoms with E-state index in [0.29, 0.717) is 5.56 Å². The minimum absolute atomic E-state index is 0.0384. The van der Waals surface area contributed by atoms with Crippen molar-refractivity contribution in [1.29, 1.82) is 5.26 Å². The number of rotatable bonds is 5. The van der Waals surface area contributed by atoms with Crippen molar-refractivity contribution in [2.75, 3.05) is 6.61 Å². The molecule has 0 radical (unpaired) electrons. The summed E-state index contributed by atoms with van der Waals surface area (Å²) in [6, 6.07) is 4.52. The molecule has 0 spiro atoms. The predicted octanol–water partition coefficient (Wildman–Crippen LogP) is 2.31. The Morgan fingerprint density at radius 3 is 2.74 bits per heavy atom. The number of nitriles is 1. The van der Waals surface area contributed by atoms with Crippen LogP contribution in [-0.4, -0.2) is 17.5 Å². The summed E-state index contributed by atoms with van der Waals surface area (Å²) < 4.78 is 4.75. The molecule has 1 rings (SSSR count). The van der Waals surface area contributed by atoms with Gasteiger partial charge in [0.2, 0.25) is 0 Å². The number of carbonyl (C=O) groups excluding carboxylic acids is 1. The van der Waals surface area contributed by atoms with Crippen molar-refractivity contribution in [3.8, 4) is 6.07 Å². The lowest BCUT2D eigenvalue weighted by Gasteiger charge is -2.08. The van der Waals surface area contributed by atoms with Gasteiger partial charge in [-0.2, -0.15) is 5.26 Å². The number of halogens is 1. The highest BCUT2D eigenvalue weighted by atomic mass is 35.5. The second-order valence-corrected chi connectivity index (χ2v) is 3.85. The van der Waals surface area contributed by atoms with Crippen LogP contribution in [0.15, 0.2) is 12.1 Å². The monoisotopic (exact) mass is 282 g/mol. The molecule has 1 aromatic rings. The number of carbonyl (C=O) groups is 1. The average molecular weight is 283 g/mol. The molecule has 0 bridgehead atoms. The maximum absolute atomic E-state index is 11.5. The van der Waals surface area contributed by atoms with Gasteiger partial charge in [-0.15, -0.1) is 11.6 Å². The first-order chi connectivity index (χ1) is 9.04. The van der Waals surface area contributed by atoms with E-state index in [1.54, 1.807) is 6.92 Å². The average Bonchev–Trinajstić information content (AvgIpc) is 2.37. The lowest BCUT2D eigenvalue weighted by molar-refractivity contribution is -0.385. The summed E-state index contributed by atoms with van der Waals surface area (Å²) in [5.41, 5.74) is 0.286. The molecule has 7 heteroatoms. The number of nitro groups is 1. The Morgan fingerprint density at radius 2 is 2.26 bits per heavy atom. The standard InChI is InChI=1S/C12H11ClN2O4/c1-2-19-12(16)5-9-10(7-14)8(6-13)3-4-11(9)15(17)18/h3-4H,2,5-6H2,1H3. The first kappa shape index (κ1) is 14.9. The van der Waals surface area contributed by atoms with Crippen molar-refractivity contribution in [2.24, 2.45) is 0 Å². The van der Waals surface area contributed by atoms with Crippen molar-refractivity contribution in [3.63, 3.8) is 0 Å². The molecule has 0 aliphatic heterocycles. The zero-order valence-electron chi connectivity index (χ0n) is 10.2. The fraction of sp³-hybridized carbons (Fsp3) is 0.333. The molecule has 6 nitrogen and oxygen atoms in total. The molecule has 0 fully saturated rings. The van der Waals surface area contributed by atoms with Crippen LogP contribution in [0.5, 0.6) is 0 Å². The lowest BCUT2D eigenvalue weighted by Crippen LogP contribution is -2.11. The molecule has 0 saturated heterocycles. The van der Waals surface area contributed by atoms with Crippen molar-refractivity contribution < 1.29 is 14.5 Å². The van der Waals surface area contributed by atoms with Gasteiger partial charge in [0, 0.05) is 11.9 Å². The van der Waals surface area contributed by atoms with Crippen LogP contribution < -0.4 is 0 Å². The highest BCUT2D eigenvalue weighted by molar-refractivity contribution is 6.17. The van der Waals surface area contributed by atoms with Crippen molar-refractivity contribution in [2.45, 2.75) is 19.2 Å². The van der Waals surface area contributed by atoms with Crippen LogP contribution in [0.25, 0.3) is 0 Å². The predicted molar refractivity (Wildman–Crippen MR) is 67.7 cm³/mol. The zero-order valence-corrected chi connectivity index (χ0v) is 10.9. The highest BCUT2D eigenvalue weighted by Crippen LogP contribution is 2.27. The molecule has 19 heavy (non-hydrogen) atoms. The second-order valence-electron chi connectivity index (χ2n) is 3.58. The van der Waals surface area contributed by atoms with Crippen LogP contribution in [0.1, 0.15) is 23.6 Å². The molecule has 0 aromatic heterocycles. The summed E-state index contributed by atoms with van der Waals surface area (Å²) >= 11 is 5.68. The van der Waals surface area contributed by atoms with Gasteiger partial charge in [0.15, 0.2) is 0 Å². The van der Waals surface area contributed by atoms with Gasteiger partial charge < -0.3 is 4.74 Å². The molecule has 0 atom stereocenters. The summed E-state index contributed by atoms with van der Waals surface area (Å²) in [5.74, 6) is -0.578. The summed E-state index contributed by atoms with van der Waals surface area (Å²) in [7, 11) is 0. The minimum Gasteiger partial charge on any atom is -0.466 e. The number of benzene rings is 1. The van der Waals surface area contributed by atoms with Gasteiger partial charge in [0.1, 0.15) is 6.07 Å². The molecule has 0 saturated carbocycles. The smallest absolute Gasteiger partial charge is 0.310 e. The minimum atomic E-state index is -0.632. The molecular weight excluding hydrogens is 272 g/mol. The van der Waals surface area contributed by atoms with E-state index in [1.807, 2.05) is 6.07 Å². The third-order valence-electron chi connectivity index (χ3n) is 2.45. The fourth-order valence-corrected chi connectivity index (χ4v) is 1.87. The topological polar surface area (TPSA) is 93.2 Å². The molecule has 0 unspecified atom stereocenters. The Morgan fingerprint density at radius 1 is 1.58 bits per heavy atom. The van der Waals surface area contributed by atoms with Crippen molar-refractivity contribution in [1.82, 2.24) is 0 Å². The largest absolute Gasteiger partial charge is 0.466 e. The number of nitro benzene ring substituents is 1. The molecule has 0 N–H and O–H groups in total. The molecule has 0 heterocycles. The van der Waals surface area contributed by atoms with E-state index in [1.165, 1.54) is 12.1 Å². The molecule has 1 aromatic carbocycles. The maximum Gasteiger partial charge on any atom is 0.310 e. The van der Waals surface area contributed by atoms with E-state index >= 15 is 0 Å². The van der Waals surface area contributed by atoms with Gasteiger partial charge in [-0.05, 0) is 18.6 Å². The number of hydrogen-bond donors (Lipinski definition) is 0. The summed E-state index contributed by atoms with van der Waals surface area (Å²) in [4.78, 5) is 21.8. The third-order valence-corrected chi connectivity index (χ3v) is 2.74. The van der Waals surface area contributed by atoms with Gasteiger partial charge in [-0.25, -0.2) is 0 Å². The fourth-order valence-electron chi connectivity index (χ4n) is 1.64. The Hall–Kier alpha value is -2.13. The third kappa shape index (κ3) is 3.42. The number of hydrogen-bond acceptors (Lipinski definition) is 5. The van der Waals surface area contributed by atoms with Crippen LogP contribution in [-0.2, 0) is 21.8 Å². The second kappa shape index (κ2) is 6.71. The molecular formula is C12H11ClN2O4. The van der Waals surface area contributed by atoms with Crippen LogP contribution >= 0.6 is 11.6 Å². The van der Waals surface area contributed by atoms with Gasteiger partial charge in [-0.3, -0.25) is 14.9 Å². The van der Waals surface area contributed by atoms with E-state index < -0.39 is 10.9 Å². The van der Waals surface area contributed by atoms with E-state index in [2.05, 4.69) is 0 Å². The number of nitrogens with zero attached hydrogens (tertiary/aromatic N) is 2. The van der Waals surface area contributed by atoms with Crippen LogP contribution in [0, 0.1) is 21.4 Å². The molecule has 0 aliphatic rings. The van der Waals surface area contributed by atoms with E-state index in [9.17, 15) is 14.9 Å². The van der Waals surface area contributed by atoms with E-state index in [0.717, 1.165) is 0 Å². The van der Waals surface area contributed by atoms with Gasteiger partial charge in [0.25, 0.3) is 5.69 Å². The van der Waals surface area contributed by atoms with Gasteiger partial charge in [-0.1, -0.05) is 0 Å². The summed E-state index contributed by atoms with van der Waals surface area (Å²) in [6.45, 7) is 1.80. The van der Waals surface area contributed by atoms with Crippen LogP contribution in [0.3, 0.4) is 0 Å². The maximum atomic E-state index is 11.5. The van der Waals surface area contributed by atoms with E-state index in [4.69, 9.17) is 21.6 Å². The Kier molecular flexibility index (Phi) is 5.27. The number of esters is 1. The summed E-state index contributed by atoms with van der Waals surface area (Å²) in [5, 5.41) is 20.0. The number of alkyl halides is 1. The normalized spacial score (nSPS) is 9.74. The van der Waals surface area contributed by atoms with Crippen molar-refractivity contribution in [3.05, 3.63) is 38.9 Å². The lowest BCUT2D eigenvalue weighted by atomic mass is 9.98. The first-order valence-corrected chi connectivity index (χ1v) is 5.99. The molecule has 0 aliphatic carbocycles. The van der Waals surface area contributed by atoms with Crippen molar-refractivity contribution >= 4 is 23.3 Å². The van der Waals surface area contributed by atoms with Crippen LogP contribution in [0.4, 0.5) is 5.69 Å². The SMILES string of the molecule is CCOC(=O)Cc1c([N+](=O)[O-])ccc(CCl)c1C#N. The van der Waals surface area contributed by atoms with E-state index in [-0.39, 0.29) is 35.7 Å². The highest BCUT2D eigenvalue weighted by Gasteiger charge is 2.23. The van der Waals surface area contributed by atoms with Crippen LogP contribution in [0.2, 0.25) is 0 Å². The molecule has 100 valence electrons. The quantitative estimate of drug-likeness (QED) is 0.357. The van der Waals surface area contributed by atoms with Gasteiger partial charge >= 0.3 is 5.97 Å². The number of ether oxygens (including phenoxy) is 1.